The Bertz CT molecular complexity index is 1290. The van der Waals surface area contributed by atoms with Gasteiger partial charge in [0.25, 0.3) is 11.8 Å². The van der Waals surface area contributed by atoms with E-state index < -0.39 is 12.2 Å². The summed E-state index contributed by atoms with van der Waals surface area (Å²) in [5, 5.41) is 15.1. The fourth-order valence-electron chi connectivity index (χ4n) is 3.66. The molecular weight excluding hydrogens is 536 g/mol. The van der Waals surface area contributed by atoms with Gasteiger partial charge in [-0.3, -0.25) is 19.8 Å². The van der Waals surface area contributed by atoms with Gasteiger partial charge in [-0.1, -0.05) is 29.8 Å². The minimum Gasteiger partial charge on any atom is -0.442 e. The van der Waals surface area contributed by atoms with E-state index in [1.165, 1.54) is 16.2 Å². The van der Waals surface area contributed by atoms with Crippen molar-refractivity contribution in [2.45, 2.75) is 6.10 Å². The van der Waals surface area contributed by atoms with Crippen molar-refractivity contribution in [2.75, 3.05) is 36.0 Å². The highest BCUT2D eigenvalue weighted by molar-refractivity contribution is 7.80. The molecule has 0 bridgehead atoms. The number of carbonyl (C=O) groups excluding carboxylic acids is 3. The molecule has 3 N–H and O–H groups in total. The Morgan fingerprint density at radius 2 is 1.84 bits per heavy atom. The zero-order chi connectivity index (χ0) is 26.4. The molecule has 0 spiro atoms. The monoisotopic (exact) mass is 558 g/mol. The fourth-order valence-corrected chi connectivity index (χ4v) is 4.90. The van der Waals surface area contributed by atoms with Crippen molar-refractivity contribution in [3.63, 3.8) is 0 Å². The van der Waals surface area contributed by atoms with Crippen LogP contribution in [0.5, 0.6) is 0 Å². The molecule has 0 radical (unpaired) electrons. The molecule has 0 saturated carbocycles. The first kappa shape index (κ1) is 26.6. The average Bonchev–Trinajstić information content (AvgIpc) is 3.51. The number of thiocarbonyl (C=S) groups is 1. The van der Waals surface area contributed by atoms with Crippen LogP contribution in [0.1, 0.15) is 20.0 Å². The summed E-state index contributed by atoms with van der Waals surface area (Å²) in [5.41, 5.74) is 1.68. The largest absolute Gasteiger partial charge is 0.442 e. The molecule has 4 rings (SSSR count). The van der Waals surface area contributed by atoms with Gasteiger partial charge in [0, 0.05) is 23.5 Å². The summed E-state index contributed by atoms with van der Waals surface area (Å²) in [6.07, 6.45) is -1.04. The molecule has 1 aromatic heterocycles. The molecule has 1 saturated heterocycles. The Balaban J connectivity index is 1.37. The van der Waals surface area contributed by atoms with Crippen molar-refractivity contribution in [3.8, 4) is 0 Å². The average molecular weight is 559 g/mol. The summed E-state index contributed by atoms with van der Waals surface area (Å²) >= 11 is 12.5. The zero-order valence-electron chi connectivity index (χ0n) is 19.4. The van der Waals surface area contributed by atoms with Gasteiger partial charge in [-0.15, -0.1) is 11.3 Å². The van der Waals surface area contributed by atoms with Crippen molar-refractivity contribution in [1.29, 1.82) is 0 Å². The van der Waals surface area contributed by atoms with Gasteiger partial charge in [0.05, 0.1) is 28.9 Å². The standard InChI is InChI=1S/C25H23ClN4O5S2/c26-21-11-10-20(37-21)23(33)27-14-19-15-30(25(34)35-19)18-8-6-17(7-9-18)29(12-13-31)24(36)28-22(32)16-4-2-1-3-5-16/h1-11,19,31H,12-15H2,(H,27,33)(H,28,32,36)/t19-/m0/s1. The van der Waals surface area contributed by atoms with Crippen LogP contribution in [0.3, 0.4) is 0 Å². The number of aliphatic hydroxyl groups is 1. The number of rotatable bonds is 8. The Hall–Kier alpha value is -3.51. The number of ether oxygens (including phenoxy) is 1. The molecule has 12 heteroatoms. The van der Waals surface area contributed by atoms with Gasteiger partial charge in [-0.05, 0) is 60.7 Å². The molecule has 3 amide bonds. The molecular formula is C25H23ClN4O5S2. The molecule has 0 aliphatic carbocycles. The molecule has 1 fully saturated rings. The first-order chi connectivity index (χ1) is 17.9. The van der Waals surface area contributed by atoms with E-state index in [4.69, 9.17) is 28.6 Å². The maximum atomic E-state index is 12.5. The SMILES string of the molecule is O=C(NC(=S)N(CCO)c1ccc(N2C[C@H](CNC(=O)c3ccc(Cl)s3)OC2=O)cc1)c1ccccc1. The summed E-state index contributed by atoms with van der Waals surface area (Å²) in [4.78, 5) is 40.7. The minimum atomic E-state index is -0.524. The van der Waals surface area contributed by atoms with Gasteiger partial charge in [-0.25, -0.2) is 4.79 Å². The van der Waals surface area contributed by atoms with Crippen LogP contribution in [0, 0.1) is 0 Å². The normalized spacial score (nSPS) is 14.7. The lowest BCUT2D eigenvalue weighted by atomic mass is 10.2. The van der Waals surface area contributed by atoms with Gasteiger partial charge < -0.3 is 20.1 Å². The molecule has 1 atom stereocenters. The van der Waals surface area contributed by atoms with Crippen molar-refractivity contribution in [3.05, 3.63) is 81.5 Å². The molecule has 2 aromatic carbocycles. The second kappa shape index (κ2) is 12.2. The number of thiophene rings is 1. The summed E-state index contributed by atoms with van der Waals surface area (Å²) < 4.78 is 5.92. The molecule has 1 aliphatic rings. The van der Waals surface area contributed by atoms with E-state index in [-0.39, 0.29) is 43.2 Å². The van der Waals surface area contributed by atoms with E-state index in [1.54, 1.807) is 65.6 Å². The second-order valence-electron chi connectivity index (χ2n) is 7.95. The number of benzene rings is 2. The van der Waals surface area contributed by atoms with E-state index in [2.05, 4.69) is 10.6 Å². The number of nitrogens with one attached hydrogen (secondary N) is 2. The van der Waals surface area contributed by atoms with E-state index >= 15 is 0 Å². The van der Waals surface area contributed by atoms with E-state index in [0.717, 1.165) is 0 Å². The van der Waals surface area contributed by atoms with Crippen molar-refractivity contribution in [2.24, 2.45) is 0 Å². The lowest BCUT2D eigenvalue weighted by Crippen LogP contribution is -2.44. The molecule has 0 unspecified atom stereocenters. The molecule has 2 heterocycles. The number of amides is 3. The lowest BCUT2D eigenvalue weighted by molar-refractivity contribution is 0.0919. The van der Waals surface area contributed by atoms with Gasteiger partial charge in [0.1, 0.15) is 6.10 Å². The predicted octanol–water partition coefficient (Wildman–Crippen LogP) is 3.67. The van der Waals surface area contributed by atoms with Crippen LogP contribution < -0.4 is 20.4 Å². The van der Waals surface area contributed by atoms with E-state index in [9.17, 15) is 19.5 Å². The van der Waals surface area contributed by atoms with E-state index in [0.29, 0.717) is 26.2 Å². The van der Waals surface area contributed by atoms with Crippen molar-refractivity contribution in [1.82, 2.24) is 10.6 Å². The van der Waals surface area contributed by atoms with Gasteiger partial charge >= 0.3 is 6.09 Å². The van der Waals surface area contributed by atoms with Gasteiger partial charge in [0.15, 0.2) is 5.11 Å². The van der Waals surface area contributed by atoms with Crippen LogP contribution in [0.25, 0.3) is 0 Å². The Kier molecular flexibility index (Phi) is 8.72. The summed E-state index contributed by atoms with van der Waals surface area (Å²) in [6.45, 7) is 0.396. The summed E-state index contributed by atoms with van der Waals surface area (Å²) in [6, 6.07) is 18.9. The number of anilines is 2. The number of hydrogen-bond donors (Lipinski definition) is 3. The topological polar surface area (TPSA) is 111 Å². The lowest BCUT2D eigenvalue weighted by Gasteiger charge is -2.25. The highest BCUT2D eigenvalue weighted by atomic mass is 35.5. The molecule has 3 aromatic rings. The van der Waals surface area contributed by atoms with Gasteiger partial charge in [0.2, 0.25) is 0 Å². The molecule has 1 aliphatic heterocycles. The van der Waals surface area contributed by atoms with Crippen LogP contribution in [-0.4, -0.2) is 60.5 Å². The third-order valence-corrected chi connectivity index (χ3v) is 7.01. The Morgan fingerprint density at radius 3 is 2.49 bits per heavy atom. The number of aliphatic hydroxyl groups excluding tert-OH is 1. The smallest absolute Gasteiger partial charge is 0.414 e. The second-order valence-corrected chi connectivity index (χ2v) is 10.0. The number of hydrogen-bond acceptors (Lipinski definition) is 7. The van der Waals surface area contributed by atoms with Crippen molar-refractivity contribution >= 4 is 69.6 Å². The minimum absolute atomic E-state index is 0.138. The highest BCUT2D eigenvalue weighted by Gasteiger charge is 2.32. The summed E-state index contributed by atoms with van der Waals surface area (Å²) in [7, 11) is 0. The molecule has 9 nitrogen and oxygen atoms in total. The van der Waals surface area contributed by atoms with Crippen molar-refractivity contribution < 1.29 is 24.2 Å². The third kappa shape index (κ3) is 6.63. The van der Waals surface area contributed by atoms with Crippen LogP contribution in [0.2, 0.25) is 4.34 Å². The quantitative estimate of drug-likeness (QED) is 0.362. The number of halogens is 1. The molecule has 37 heavy (non-hydrogen) atoms. The fraction of sp³-hybridized carbons (Fsp3) is 0.200. The summed E-state index contributed by atoms with van der Waals surface area (Å²) in [5.74, 6) is -0.639. The predicted molar refractivity (Wildman–Crippen MR) is 147 cm³/mol. The van der Waals surface area contributed by atoms with Crippen LogP contribution in [0.15, 0.2) is 66.7 Å². The highest BCUT2D eigenvalue weighted by Crippen LogP contribution is 2.25. The van der Waals surface area contributed by atoms with Crippen LogP contribution in [0.4, 0.5) is 16.2 Å². The maximum Gasteiger partial charge on any atom is 0.414 e. The van der Waals surface area contributed by atoms with E-state index in [1.807, 2.05) is 6.07 Å². The first-order valence-electron chi connectivity index (χ1n) is 11.3. The number of nitrogens with zero attached hydrogens (tertiary/aromatic N) is 2. The number of cyclic esters (lactones) is 1. The molecule has 192 valence electrons. The zero-order valence-corrected chi connectivity index (χ0v) is 21.8. The first-order valence-corrected chi connectivity index (χ1v) is 12.9. The van der Waals surface area contributed by atoms with Crippen LogP contribution >= 0.6 is 35.2 Å². The van der Waals surface area contributed by atoms with Gasteiger partial charge in [-0.2, -0.15) is 0 Å². The maximum absolute atomic E-state index is 12.5. The Morgan fingerprint density at radius 1 is 1.11 bits per heavy atom. The number of carbonyl (C=O) groups is 3. The Labute approximate surface area is 227 Å². The third-order valence-electron chi connectivity index (χ3n) is 5.46. The van der Waals surface area contributed by atoms with Crippen LogP contribution in [-0.2, 0) is 4.74 Å².